The highest BCUT2D eigenvalue weighted by molar-refractivity contribution is 5.89. The SMILES string of the molecule is CON(C)/C=C/C(=O)CCOCc1ccccc1. The molecule has 0 aliphatic carbocycles. The van der Waals surface area contributed by atoms with Crippen LogP contribution in [0.1, 0.15) is 12.0 Å². The van der Waals surface area contributed by atoms with Gasteiger partial charge in [0.2, 0.25) is 0 Å². The lowest BCUT2D eigenvalue weighted by Crippen LogP contribution is -2.09. The summed E-state index contributed by atoms with van der Waals surface area (Å²) in [6.45, 7) is 0.963. The van der Waals surface area contributed by atoms with Gasteiger partial charge in [-0.15, -0.1) is 0 Å². The summed E-state index contributed by atoms with van der Waals surface area (Å²) in [6.07, 6.45) is 3.44. The average Bonchev–Trinajstić information content (AvgIpc) is 2.42. The quantitative estimate of drug-likeness (QED) is 0.402. The Kier molecular flexibility index (Phi) is 6.76. The van der Waals surface area contributed by atoms with Gasteiger partial charge in [-0.2, -0.15) is 0 Å². The van der Waals surface area contributed by atoms with Crippen molar-refractivity contribution in [1.29, 1.82) is 0 Å². The van der Waals surface area contributed by atoms with Crippen LogP contribution >= 0.6 is 0 Å². The zero-order valence-electron chi connectivity index (χ0n) is 10.8. The number of ether oxygens (including phenoxy) is 1. The van der Waals surface area contributed by atoms with Crippen LogP contribution in [0.4, 0.5) is 0 Å². The molecule has 4 heteroatoms. The molecule has 0 atom stereocenters. The van der Waals surface area contributed by atoms with Gasteiger partial charge in [0.1, 0.15) is 0 Å². The molecule has 0 spiro atoms. The summed E-state index contributed by atoms with van der Waals surface area (Å²) in [4.78, 5) is 16.3. The van der Waals surface area contributed by atoms with E-state index in [4.69, 9.17) is 9.57 Å². The Balaban J connectivity index is 2.14. The molecule has 0 saturated heterocycles. The number of ketones is 1. The molecule has 98 valence electrons. The van der Waals surface area contributed by atoms with E-state index in [2.05, 4.69) is 0 Å². The molecule has 0 radical (unpaired) electrons. The minimum Gasteiger partial charge on any atom is -0.376 e. The number of hydroxylamine groups is 2. The van der Waals surface area contributed by atoms with Crippen LogP contribution in [0, 0.1) is 0 Å². The van der Waals surface area contributed by atoms with E-state index in [1.165, 1.54) is 18.2 Å². The second-order valence-corrected chi connectivity index (χ2v) is 3.80. The maximum Gasteiger partial charge on any atom is 0.159 e. The van der Waals surface area contributed by atoms with Gasteiger partial charge in [0, 0.05) is 19.7 Å². The number of allylic oxidation sites excluding steroid dienone is 1. The molecule has 0 heterocycles. The predicted octanol–water partition coefficient (Wildman–Crippen LogP) is 2.17. The van der Waals surface area contributed by atoms with Crippen molar-refractivity contribution in [3.8, 4) is 0 Å². The standard InChI is InChI=1S/C14H19NO3/c1-15(17-2)10-8-14(16)9-11-18-12-13-6-4-3-5-7-13/h3-8,10H,9,11-12H2,1-2H3/b10-8+. The molecule has 0 unspecified atom stereocenters. The Bertz CT molecular complexity index is 376. The zero-order valence-corrected chi connectivity index (χ0v) is 10.8. The molecule has 1 aromatic rings. The molecule has 4 nitrogen and oxygen atoms in total. The van der Waals surface area contributed by atoms with Crippen molar-refractivity contribution < 1.29 is 14.4 Å². The minimum absolute atomic E-state index is 0.0203. The first-order valence-electron chi connectivity index (χ1n) is 5.82. The fourth-order valence-corrected chi connectivity index (χ4v) is 1.27. The van der Waals surface area contributed by atoms with E-state index < -0.39 is 0 Å². The Morgan fingerprint density at radius 3 is 2.72 bits per heavy atom. The number of carbonyl (C=O) groups excluding carboxylic acids is 1. The lowest BCUT2D eigenvalue weighted by molar-refractivity contribution is -0.116. The van der Waals surface area contributed by atoms with E-state index in [-0.39, 0.29) is 5.78 Å². The van der Waals surface area contributed by atoms with Crippen LogP contribution in [0.3, 0.4) is 0 Å². The number of rotatable bonds is 8. The van der Waals surface area contributed by atoms with Gasteiger partial charge >= 0.3 is 0 Å². The summed E-state index contributed by atoms with van der Waals surface area (Å²) in [6, 6.07) is 9.88. The number of nitrogens with zero attached hydrogens (tertiary/aromatic N) is 1. The minimum atomic E-state index is 0.0203. The summed E-state index contributed by atoms with van der Waals surface area (Å²) in [7, 11) is 3.26. The molecule has 0 aromatic heterocycles. The third kappa shape index (κ3) is 6.18. The van der Waals surface area contributed by atoms with Gasteiger partial charge in [0.05, 0.1) is 20.3 Å². The lowest BCUT2D eigenvalue weighted by Gasteiger charge is -2.08. The van der Waals surface area contributed by atoms with Gasteiger partial charge in [-0.05, 0) is 11.6 Å². The molecule has 0 bridgehead atoms. The summed E-state index contributed by atoms with van der Waals surface area (Å²) >= 11 is 0. The Hall–Kier alpha value is -1.65. The van der Waals surface area contributed by atoms with E-state index in [0.29, 0.717) is 19.6 Å². The predicted molar refractivity (Wildman–Crippen MR) is 69.6 cm³/mol. The second kappa shape index (κ2) is 8.44. The average molecular weight is 249 g/mol. The number of carbonyl (C=O) groups is 1. The third-order valence-corrected chi connectivity index (χ3v) is 2.36. The van der Waals surface area contributed by atoms with Gasteiger partial charge in [0.15, 0.2) is 5.78 Å². The molecule has 0 aliphatic rings. The van der Waals surface area contributed by atoms with Crippen LogP contribution in [0.25, 0.3) is 0 Å². The molecule has 0 fully saturated rings. The molecule has 0 amide bonds. The first-order chi connectivity index (χ1) is 8.72. The van der Waals surface area contributed by atoms with Crippen LogP contribution < -0.4 is 0 Å². The maximum atomic E-state index is 11.4. The highest BCUT2D eigenvalue weighted by Crippen LogP contribution is 2.01. The van der Waals surface area contributed by atoms with Crippen molar-refractivity contribution in [1.82, 2.24) is 5.06 Å². The zero-order chi connectivity index (χ0) is 13.2. The van der Waals surface area contributed by atoms with Crippen LogP contribution in [-0.2, 0) is 21.0 Å². The highest BCUT2D eigenvalue weighted by Gasteiger charge is 1.98. The van der Waals surface area contributed by atoms with Crippen molar-refractivity contribution in [2.75, 3.05) is 20.8 Å². The van der Waals surface area contributed by atoms with Gasteiger partial charge in [0.25, 0.3) is 0 Å². The second-order valence-electron chi connectivity index (χ2n) is 3.80. The van der Waals surface area contributed by atoms with Crippen molar-refractivity contribution >= 4 is 5.78 Å². The Labute approximate surface area is 108 Å². The van der Waals surface area contributed by atoms with Gasteiger partial charge in [-0.25, -0.2) is 0 Å². The van der Waals surface area contributed by atoms with Crippen molar-refractivity contribution in [2.24, 2.45) is 0 Å². The highest BCUT2D eigenvalue weighted by atomic mass is 16.7. The van der Waals surface area contributed by atoms with Crippen LogP contribution in [-0.4, -0.2) is 31.6 Å². The molecule has 0 saturated carbocycles. The molecule has 0 N–H and O–H groups in total. The Morgan fingerprint density at radius 2 is 2.06 bits per heavy atom. The lowest BCUT2D eigenvalue weighted by atomic mass is 10.2. The van der Waals surface area contributed by atoms with Crippen LogP contribution in [0.5, 0.6) is 0 Å². The smallest absolute Gasteiger partial charge is 0.159 e. The van der Waals surface area contributed by atoms with E-state index in [1.54, 1.807) is 13.2 Å². The maximum absolute atomic E-state index is 11.4. The number of hydrogen-bond donors (Lipinski definition) is 0. The molecular formula is C14H19NO3. The third-order valence-electron chi connectivity index (χ3n) is 2.36. The molecule has 1 aromatic carbocycles. The van der Waals surface area contributed by atoms with Crippen molar-refractivity contribution in [2.45, 2.75) is 13.0 Å². The Morgan fingerprint density at radius 1 is 1.33 bits per heavy atom. The number of benzene rings is 1. The monoisotopic (exact) mass is 249 g/mol. The first kappa shape index (κ1) is 14.4. The first-order valence-corrected chi connectivity index (χ1v) is 5.82. The summed E-state index contributed by atoms with van der Waals surface area (Å²) in [5, 5.41) is 1.46. The summed E-state index contributed by atoms with van der Waals surface area (Å²) in [5.41, 5.74) is 1.11. The van der Waals surface area contributed by atoms with Gasteiger partial charge in [-0.3, -0.25) is 14.7 Å². The number of hydrogen-bond acceptors (Lipinski definition) is 4. The summed E-state index contributed by atoms with van der Waals surface area (Å²) < 4.78 is 5.42. The molecule has 1 rings (SSSR count). The topological polar surface area (TPSA) is 38.8 Å². The van der Waals surface area contributed by atoms with E-state index in [1.807, 2.05) is 30.3 Å². The summed E-state index contributed by atoms with van der Waals surface area (Å²) in [5.74, 6) is 0.0203. The van der Waals surface area contributed by atoms with E-state index in [0.717, 1.165) is 5.56 Å². The largest absolute Gasteiger partial charge is 0.376 e. The van der Waals surface area contributed by atoms with Crippen molar-refractivity contribution in [3.05, 3.63) is 48.2 Å². The normalized spacial score (nSPS) is 10.8. The van der Waals surface area contributed by atoms with Crippen LogP contribution in [0.2, 0.25) is 0 Å². The van der Waals surface area contributed by atoms with Crippen LogP contribution in [0.15, 0.2) is 42.6 Å². The van der Waals surface area contributed by atoms with Crippen molar-refractivity contribution in [3.63, 3.8) is 0 Å². The van der Waals surface area contributed by atoms with Gasteiger partial charge < -0.3 is 4.74 Å². The fourth-order valence-electron chi connectivity index (χ4n) is 1.27. The van der Waals surface area contributed by atoms with Gasteiger partial charge in [-0.1, -0.05) is 30.3 Å². The fraction of sp³-hybridized carbons (Fsp3) is 0.357. The molecule has 0 aliphatic heterocycles. The van der Waals surface area contributed by atoms with E-state index in [9.17, 15) is 4.79 Å². The molecular weight excluding hydrogens is 230 g/mol. The van der Waals surface area contributed by atoms with E-state index >= 15 is 0 Å². The molecule has 18 heavy (non-hydrogen) atoms.